The Bertz CT molecular complexity index is 3900. The van der Waals surface area contributed by atoms with Crippen molar-refractivity contribution in [2.24, 2.45) is 0 Å². The number of aromatic amines is 2. The molecule has 2 aliphatic rings. The van der Waals surface area contributed by atoms with Crippen LogP contribution < -0.4 is 144 Å². The molecule has 19 heteroatoms. The number of pyridine rings is 2. The number of hydrogen-bond donors (Lipinski definition) is 3. The molecule has 0 spiro atoms. The minimum absolute atomic E-state index is 0. The molecule has 0 unspecified atom stereocenters. The van der Waals surface area contributed by atoms with Gasteiger partial charge < -0.3 is 46.1 Å². The van der Waals surface area contributed by atoms with Crippen molar-refractivity contribution in [3.05, 3.63) is 141 Å². The molecule has 6 heterocycles. The number of ether oxygens (including phenoxy) is 2. The summed E-state index contributed by atoms with van der Waals surface area (Å²) in [5.41, 5.74) is 1.48. The van der Waals surface area contributed by atoms with Crippen LogP contribution in [0.3, 0.4) is 0 Å². The van der Waals surface area contributed by atoms with Crippen LogP contribution in [0.1, 0.15) is 61.8 Å². The molecule has 0 saturated carbocycles. The zero-order valence-corrected chi connectivity index (χ0v) is 48.1. The van der Waals surface area contributed by atoms with Gasteiger partial charge in [-0.1, -0.05) is 35.5 Å². The summed E-state index contributed by atoms with van der Waals surface area (Å²) in [6, 6.07) is 22.4. The van der Waals surface area contributed by atoms with Crippen LogP contribution >= 0.6 is 51.0 Å². The average Bonchev–Trinajstić information content (AvgIpc) is 0.940. The molecule has 8 aromatic rings. The van der Waals surface area contributed by atoms with E-state index >= 15 is 0 Å². The number of thiophene rings is 2. The van der Waals surface area contributed by atoms with E-state index in [2.05, 4.69) is 41.0 Å². The Labute approximate surface area is 552 Å². The number of anilines is 2. The molecule has 4 aromatic heterocycles. The van der Waals surface area contributed by atoms with E-state index in [1.807, 2.05) is 27.8 Å². The molecule has 71 heavy (non-hydrogen) atoms. The van der Waals surface area contributed by atoms with Crippen LogP contribution in [0, 0.1) is 0 Å². The monoisotopic (exact) mass is 1160 g/mol. The quantitative estimate of drug-likeness (QED) is 0.0480. The van der Waals surface area contributed by atoms with Gasteiger partial charge in [0, 0.05) is 130 Å². The number of nitrogens with zero attached hydrogens (tertiary/aromatic N) is 3. The summed E-state index contributed by atoms with van der Waals surface area (Å²) < 4.78 is 174. The van der Waals surface area contributed by atoms with Gasteiger partial charge in [0.1, 0.15) is 11.5 Å². The van der Waals surface area contributed by atoms with Gasteiger partial charge in [-0.2, -0.15) is 0 Å². The molecule has 0 radical (unpaired) electrons. The smallest absolute Gasteiger partial charge is 1.00 e. The van der Waals surface area contributed by atoms with Crippen molar-refractivity contribution in [3.8, 4) is 11.5 Å². The van der Waals surface area contributed by atoms with Gasteiger partial charge in [0.05, 0.1) is 35.1 Å². The largest absolute Gasteiger partial charge is 1.00 e. The van der Waals surface area contributed by atoms with Gasteiger partial charge in [0.25, 0.3) is 6.47 Å². The van der Waals surface area contributed by atoms with Crippen LogP contribution in [0.5, 0.6) is 11.5 Å². The van der Waals surface area contributed by atoms with Gasteiger partial charge >= 0.3 is 103 Å². The second-order valence-electron chi connectivity index (χ2n) is 14.1. The summed E-state index contributed by atoms with van der Waals surface area (Å²) >= 11 is 5.39. The Kier molecular flexibility index (Phi) is 18.6. The fourth-order valence-electron chi connectivity index (χ4n) is 6.90. The zero-order valence-electron chi connectivity index (χ0n) is 58.8. The minimum atomic E-state index is -3.47. The van der Waals surface area contributed by atoms with E-state index in [9.17, 15) is 9.59 Å². The molecule has 0 atom stereocenters. The third-order valence-electron chi connectivity index (χ3n) is 9.95. The molecule has 3 N–H and O–H groups in total. The maximum Gasteiger partial charge on any atom is 1.00 e. The molecule has 13 nitrogen and oxygen atoms in total. The second-order valence-corrected chi connectivity index (χ2v) is 16.3. The number of fused-ring (bicyclic) bond motifs is 4. The van der Waals surface area contributed by atoms with Crippen molar-refractivity contribution in [1.29, 1.82) is 0 Å². The molecule has 10 rings (SSSR count). The van der Waals surface area contributed by atoms with Gasteiger partial charge in [-0.25, -0.2) is 0 Å². The first-order valence-corrected chi connectivity index (χ1v) is 23.0. The molecule has 370 valence electrons. The molecule has 2 saturated heterocycles. The van der Waals surface area contributed by atoms with Crippen molar-refractivity contribution in [2.75, 3.05) is 87.1 Å². The van der Waals surface area contributed by atoms with E-state index in [-0.39, 0.29) is 186 Å². The van der Waals surface area contributed by atoms with E-state index in [4.69, 9.17) is 46.9 Å². The van der Waals surface area contributed by atoms with E-state index in [1.165, 1.54) is 65.9 Å². The van der Waals surface area contributed by atoms with Gasteiger partial charge in [-0.05, 0) is 126 Å². The number of rotatable bonds is 14. The van der Waals surface area contributed by atoms with Crippen LogP contribution in [-0.2, 0) is 9.68 Å². The number of carbonyl (C=O) groups is 1. The Morgan fingerprint density at radius 2 is 1.15 bits per heavy atom. The molecular formula is C52H62BrClK2N6O7S2. The summed E-state index contributed by atoms with van der Waals surface area (Å²) in [5.74, 6) is -0.308. The molecule has 2 aliphatic heterocycles. The molecule has 0 amide bonds. The number of benzene rings is 4. The Balaban J connectivity index is 0.000000483. The van der Waals surface area contributed by atoms with E-state index in [0.717, 1.165) is 56.9 Å². The molecular weight excluding hydrogens is 1080 g/mol. The number of alkyl halides is 1. The molecule has 4 aromatic carbocycles. The Morgan fingerprint density at radius 1 is 0.690 bits per heavy atom. The number of halogens is 2. The van der Waals surface area contributed by atoms with Crippen molar-refractivity contribution in [2.45, 2.75) is 32.9 Å². The number of hydrogen-bond acceptors (Lipinski definition) is 13. The number of piperazine rings is 2. The third-order valence-corrected chi connectivity index (χ3v) is 11.8. The Hall–Kier alpha value is -2.19. The first kappa shape index (κ1) is 38.4. The zero-order chi connectivity index (χ0) is 64.5. The van der Waals surface area contributed by atoms with Gasteiger partial charge in [0.2, 0.25) is 11.1 Å². The van der Waals surface area contributed by atoms with Crippen molar-refractivity contribution in [1.82, 2.24) is 20.2 Å². The maximum atomic E-state index is 11.7. The average molecular weight is 1160 g/mol. The summed E-state index contributed by atoms with van der Waals surface area (Å²) in [4.78, 5) is 44.6. The van der Waals surface area contributed by atoms with Crippen LogP contribution in [-0.4, -0.2) is 98.6 Å². The number of carbonyl (C=O) groups excluding carboxylic acids is 1. The van der Waals surface area contributed by atoms with Crippen LogP contribution in [0.15, 0.2) is 129 Å². The molecule has 2 fully saturated rings. The SMILES string of the molecule is C.Cl.O=CO[O-].[2H]C([2H])(Br)C([2H])([2H])C([2H])([2H])C([2H])([2H])Oc1ccc2ccc(=O)[nH]c2c1.[2H]c1cc([2H])c2sccc2c1N1CCN(C([2H])([2H])C([2H])([2H])C([2H])([2H])C([2H])([2H])Oc2ccc3ccc(=O)[nH]c3c2)CC1.[2H]c1cc([2H])c2sccc2c1N1CCNCC1.[H-].[K+].[K+]. The van der Waals surface area contributed by atoms with Crippen molar-refractivity contribution in [3.63, 3.8) is 0 Å². The van der Waals surface area contributed by atoms with Crippen molar-refractivity contribution >= 4 is 111 Å². The van der Waals surface area contributed by atoms with Crippen molar-refractivity contribution < 1.29 is 156 Å². The summed E-state index contributed by atoms with van der Waals surface area (Å²) in [7, 11) is 0. The number of nitrogens with one attached hydrogen (secondary N) is 3. The van der Waals surface area contributed by atoms with Crippen LogP contribution in [0.4, 0.5) is 11.4 Å². The molecule has 0 aliphatic carbocycles. The number of aromatic nitrogens is 2. The van der Waals surface area contributed by atoms with Crippen LogP contribution in [0.2, 0.25) is 0 Å². The van der Waals surface area contributed by atoms with E-state index in [1.54, 1.807) is 29.5 Å². The standard InChI is InChI=1S/C25H27N3O2S.C13H14BrNO2.C12H14N2S.CH2O3.CH4.ClH.2K.H/c29-25-9-7-19-6-8-20(18-22(19)26-25)30-16-2-1-11-27-12-14-28(15-13-27)23-4-3-5-24-21(23)10-17-31-24;14-7-1-2-8-17-11-5-3-10-4-6-13(16)15-12(10)9-11;1-2-11(14-7-5-13-6-8-14)10-4-9-15-12(10)3-1;2-1-4-3;;;;;/h3-10,17-18H,1-2,11-16H2,(H,26,29);3-6,9H,1-2,7-8H2,(H,15,16);1-4,9,13H,5-8H2;1,3H;1H4;1H;;;/q;;;;;;2*+1;-1/p-1/i1D2,2D2,4D,5D,11D2,16D2;1D2,2D2,7D2,8D2;2D,3D;;;;;;. The third kappa shape index (κ3) is 19.5. The number of H-pyrrole nitrogens is 2. The fourth-order valence-corrected chi connectivity index (χ4v) is 8.52. The second kappa shape index (κ2) is 34.4. The summed E-state index contributed by atoms with van der Waals surface area (Å²) in [5, 5.41) is 15.8. The van der Waals surface area contributed by atoms with E-state index in [0.29, 0.717) is 39.6 Å². The van der Waals surface area contributed by atoms with Crippen LogP contribution in [0.25, 0.3) is 42.0 Å². The first-order chi connectivity index (χ1) is 40.4. The predicted octanol–water partition coefficient (Wildman–Crippen LogP) is 3.73. The van der Waals surface area contributed by atoms with Gasteiger partial charge in [0.15, 0.2) is 0 Å². The van der Waals surface area contributed by atoms with E-state index < -0.39 is 55.9 Å². The normalized spacial score (nSPS) is 18.8. The Morgan fingerprint density at radius 3 is 1.63 bits per heavy atom. The molecule has 0 bridgehead atoms. The first-order valence-electron chi connectivity index (χ1n) is 30.4. The minimum Gasteiger partial charge on any atom is -1.00 e. The summed E-state index contributed by atoms with van der Waals surface area (Å²) in [6.45, 7) is -5.44. The maximum absolute atomic E-state index is 11.7. The van der Waals surface area contributed by atoms with Gasteiger partial charge in [-0.15, -0.1) is 35.1 Å². The fraction of sp³-hybridized carbons (Fsp3) is 0.327. The summed E-state index contributed by atoms with van der Waals surface area (Å²) in [6.07, 6.45) is -13.5. The van der Waals surface area contributed by atoms with Gasteiger partial charge in [-0.3, -0.25) is 19.3 Å². The predicted molar refractivity (Wildman–Crippen MR) is 292 cm³/mol. The topological polar surface area (TPSA) is 155 Å².